The molecule has 28 heavy (non-hydrogen) atoms. The van der Waals surface area contributed by atoms with Crippen molar-refractivity contribution in [3.05, 3.63) is 0 Å². The number of nitrogens with zero attached hydrogens (tertiary/aromatic N) is 1. The van der Waals surface area contributed by atoms with Gasteiger partial charge in [0.15, 0.2) is 0 Å². The molecule has 0 aliphatic carbocycles. The normalized spacial score (nSPS) is 13.8. The van der Waals surface area contributed by atoms with Gasteiger partial charge in [-0.25, -0.2) is 8.42 Å². The van der Waals surface area contributed by atoms with Crippen molar-refractivity contribution >= 4 is 10.1 Å². The van der Waals surface area contributed by atoms with Crippen LogP contribution in [0.1, 0.15) is 84.0 Å². The molecule has 170 valence electrons. The third-order valence-corrected chi connectivity index (χ3v) is 5.84. The largest absolute Gasteiger partial charge is 0.748 e. The van der Waals surface area contributed by atoms with E-state index in [1.807, 2.05) is 14.1 Å². The molecular weight excluding hydrogens is 378 g/mol. The average Bonchev–Trinajstić information content (AvgIpc) is 2.56. The van der Waals surface area contributed by atoms with Gasteiger partial charge in [0.25, 0.3) is 0 Å². The van der Waals surface area contributed by atoms with E-state index in [-0.39, 0.29) is 6.54 Å². The predicted molar refractivity (Wildman–Crippen MR) is 114 cm³/mol. The first-order valence-electron chi connectivity index (χ1n) is 11.2. The monoisotopic (exact) mass is 423 g/mol. The number of ether oxygens (including phenoxy) is 1. The van der Waals surface area contributed by atoms with Crippen LogP contribution in [0.4, 0.5) is 0 Å². The highest BCUT2D eigenvalue weighted by atomic mass is 32.2. The summed E-state index contributed by atoms with van der Waals surface area (Å²) >= 11 is 0. The van der Waals surface area contributed by atoms with Crippen molar-refractivity contribution in [2.45, 2.75) is 90.1 Å². The molecule has 1 unspecified atom stereocenters. The summed E-state index contributed by atoms with van der Waals surface area (Å²) in [5.41, 5.74) is 0. The summed E-state index contributed by atoms with van der Waals surface area (Å²) in [5.74, 6) is -0.712. The van der Waals surface area contributed by atoms with Crippen molar-refractivity contribution in [2.24, 2.45) is 0 Å². The number of likely N-dealkylation sites (N-methyl/N-ethyl adjacent to an activating group) is 1. The van der Waals surface area contributed by atoms with Crippen LogP contribution in [0.25, 0.3) is 0 Å². The van der Waals surface area contributed by atoms with Crippen LogP contribution in [0.5, 0.6) is 0 Å². The van der Waals surface area contributed by atoms with Gasteiger partial charge in [0.05, 0.1) is 36.5 Å². The highest BCUT2D eigenvalue weighted by molar-refractivity contribution is 7.85. The summed E-state index contributed by atoms with van der Waals surface area (Å²) in [5, 5.41) is 9.73. The summed E-state index contributed by atoms with van der Waals surface area (Å²) < 4.78 is 38.3. The van der Waals surface area contributed by atoms with Gasteiger partial charge < -0.3 is 18.9 Å². The third kappa shape index (κ3) is 20.5. The topological polar surface area (TPSA) is 86.7 Å². The fourth-order valence-electron chi connectivity index (χ4n) is 3.49. The first-order chi connectivity index (χ1) is 13.2. The molecule has 0 saturated carbocycles. The molecule has 0 aliphatic heterocycles. The molecule has 1 N–H and O–H groups in total. The standard InChI is InChI=1S/C21H45NO5S/c1-4-5-6-7-8-9-10-11-12-14-17-27-18-15-13-16-22(2,3)19-21(23)20-28(24,25)26/h21,23H,4-20H2,1-3H3. The number of aliphatic hydroxyl groups is 1. The van der Waals surface area contributed by atoms with Crippen molar-refractivity contribution in [2.75, 3.05) is 46.2 Å². The number of aliphatic hydroxyl groups excluding tert-OH is 1. The Morgan fingerprint density at radius 3 is 1.82 bits per heavy atom. The molecule has 7 heteroatoms. The molecule has 0 rings (SSSR count). The molecule has 0 aromatic rings. The Morgan fingerprint density at radius 1 is 0.857 bits per heavy atom. The van der Waals surface area contributed by atoms with Gasteiger partial charge in [0.2, 0.25) is 0 Å². The maximum atomic E-state index is 10.7. The number of quaternary nitrogens is 1. The number of hydrogen-bond donors (Lipinski definition) is 1. The van der Waals surface area contributed by atoms with Gasteiger partial charge >= 0.3 is 0 Å². The van der Waals surface area contributed by atoms with Crippen LogP contribution < -0.4 is 0 Å². The molecule has 0 aromatic carbocycles. The van der Waals surface area contributed by atoms with Gasteiger partial charge in [0, 0.05) is 13.2 Å². The Labute approximate surface area is 174 Å². The van der Waals surface area contributed by atoms with E-state index in [0.29, 0.717) is 4.48 Å². The Balaban J connectivity index is 3.44. The maximum Gasteiger partial charge on any atom is 0.116 e. The third-order valence-electron chi connectivity index (χ3n) is 5.05. The van der Waals surface area contributed by atoms with E-state index in [0.717, 1.165) is 39.0 Å². The second kappa shape index (κ2) is 16.6. The minimum atomic E-state index is -4.38. The summed E-state index contributed by atoms with van der Waals surface area (Å²) in [7, 11) is -0.505. The summed E-state index contributed by atoms with van der Waals surface area (Å²) in [6, 6.07) is 0. The van der Waals surface area contributed by atoms with Gasteiger partial charge in [-0.1, -0.05) is 64.7 Å². The zero-order valence-electron chi connectivity index (χ0n) is 18.5. The molecule has 0 aromatic heterocycles. The van der Waals surface area contributed by atoms with E-state index in [2.05, 4.69) is 6.92 Å². The Hall–Kier alpha value is -0.210. The van der Waals surface area contributed by atoms with Crippen molar-refractivity contribution in [3.63, 3.8) is 0 Å². The summed E-state index contributed by atoms with van der Waals surface area (Å²) in [6.45, 7) is 4.91. The number of unbranched alkanes of at least 4 members (excludes halogenated alkanes) is 10. The maximum absolute atomic E-state index is 10.7. The highest BCUT2D eigenvalue weighted by Crippen LogP contribution is 2.10. The van der Waals surface area contributed by atoms with Crippen LogP contribution >= 0.6 is 0 Å². The Bertz CT molecular complexity index is 454. The molecule has 0 aliphatic rings. The number of rotatable bonds is 20. The van der Waals surface area contributed by atoms with Crippen LogP contribution in [-0.2, 0) is 14.9 Å². The molecule has 0 spiro atoms. The van der Waals surface area contributed by atoms with Gasteiger partial charge in [-0.15, -0.1) is 0 Å². The minimum absolute atomic E-state index is 0.265. The lowest BCUT2D eigenvalue weighted by Gasteiger charge is -2.32. The molecule has 0 radical (unpaired) electrons. The van der Waals surface area contributed by atoms with E-state index in [9.17, 15) is 18.1 Å². The van der Waals surface area contributed by atoms with E-state index >= 15 is 0 Å². The first-order valence-corrected chi connectivity index (χ1v) is 12.8. The summed E-state index contributed by atoms with van der Waals surface area (Å²) in [6.07, 6.45) is 14.1. The molecule has 1 atom stereocenters. The molecule has 0 heterocycles. The number of hydrogen-bond acceptors (Lipinski definition) is 5. The summed E-state index contributed by atoms with van der Waals surface area (Å²) in [4.78, 5) is 0. The Morgan fingerprint density at radius 2 is 1.32 bits per heavy atom. The second-order valence-corrected chi connectivity index (χ2v) is 10.2. The van der Waals surface area contributed by atoms with E-state index in [4.69, 9.17) is 4.74 Å². The van der Waals surface area contributed by atoms with Crippen LogP contribution in [-0.4, -0.2) is 74.8 Å². The Kier molecular flexibility index (Phi) is 16.4. The SMILES string of the molecule is CCCCCCCCCCCCOCCCC[N+](C)(C)CC(O)CS(=O)(=O)[O-]. The van der Waals surface area contributed by atoms with Crippen LogP contribution in [0.3, 0.4) is 0 Å². The molecule has 6 nitrogen and oxygen atoms in total. The van der Waals surface area contributed by atoms with Crippen molar-refractivity contribution in [3.8, 4) is 0 Å². The quantitative estimate of drug-likeness (QED) is 0.183. The minimum Gasteiger partial charge on any atom is -0.748 e. The zero-order chi connectivity index (χ0) is 21.3. The van der Waals surface area contributed by atoms with E-state index in [1.165, 1.54) is 57.8 Å². The molecule has 0 amide bonds. The lowest BCUT2D eigenvalue weighted by molar-refractivity contribution is -0.893. The lowest BCUT2D eigenvalue weighted by atomic mass is 10.1. The van der Waals surface area contributed by atoms with Crippen LogP contribution in [0.15, 0.2) is 0 Å². The van der Waals surface area contributed by atoms with Crippen molar-refractivity contribution in [1.29, 1.82) is 0 Å². The average molecular weight is 424 g/mol. The van der Waals surface area contributed by atoms with E-state index in [1.54, 1.807) is 0 Å². The zero-order valence-corrected chi connectivity index (χ0v) is 19.4. The fraction of sp³-hybridized carbons (Fsp3) is 1.00. The molecule has 0 saturated heterocycles. The molecule has 0 bridgehead atoms. The molecule has 0 fully saturated rings. The first kappa shape index (κ1) is 27.8. The van der Waals surface area contributed by atoms with Gasteiger partial charge in [-0.3, -0.25) is 0 Å². The highest BCUT2D eigenvalue weighted by Gasteiger charge is 2.21. The van der Waals surface area contributed by atoms with Crippen LogP contribution in [0.2, 0.25) is 0 Å². The van der Waals surface area contributed by atoms with Gasteiger partial charge in [0.1, 0.15) is 12.6 Å². The second-order valence-electron chi connectivity index (χ2n) is 8.72. The van der Waals surface area contributed by atoms with Gasteiger partial charge in [-0.05, 0) is 19.3 Å². The van der Waals surface area contributed by atoms with Crippen LogP contribution in [0, 0.1) is 0 Å². The van der Waals surface area contributed by atoms with Crippen molar-refractivity contribution < 1.29 is 27.3 Å². The van der Waals surface area contributed by atoms with E-state index < -0.39 is 22.0 Å². The molecular formula is C21H45NO5S. The predicted octanol–water partition coefficient (Wildman–Crippen LogP) is 3.69. The lowest BCUT2D eigenvalue weighted by Crippen LogP contribution is -2.47. The smallest absolute Gasteiger partial charge is 0.116 e. The van der Waals surface area contributed by atoms with Gasteiger partial charge in [-0.2, -0.15) is 0 Å². The van der Waals surface area contributed by atoms with Crippen molar-refractivity contribution in [1.82, 2.24) is 0 Å². The fourth-order valence-corrected chi connectivity index (χ4v) is 4.06.